The Morgan fingerprint density at radius 3 is 2.05 bits per heavy atom. The monoisotopic (exact) mass is 595 g/mol. The van der Waals surface area contributed by atoms with Crippen LogP contribution < -0.4 is 19.1 Å². The highest BCUT2D eigenvalue weighted by Crippen LogP contribution is 2.27. The Bertz CT molecular complexity index is 1410. The molecule has 1 N–H and O–H groups in total. The quantitative estimate of drug-likeness (QED) is 0.267. The third-order valence-corrected chi connectivity index (χ3v) is 8.56. The first-order valence-electron chi connectivity index (χ1n) is 14.2. The number of hydrogen-bond acceptors (Lipinski definition) is 6. The van der Waals surface area contributed by atoms with Crippen LogP contribution >= 0.6 is 0 Å². The number of nitrogens with one attached hydrogen (secondary N) is 1. The van der Waals surface area contributed by atoms with Crippen LogP contribution in [-0.2, 0) is 26.2 Å². The maximum absolute atomic E-state index is 14.1. The predicted molar refractivity (Wildman–Crippen MR) is 164 cm³/mol. The summed E-state index contributed by atoms with van der Waals surface area (Å²) in [6.07, 6.45) is 1.10. The Labute approximate surface area is 249 Å². The minimum absolute atomic E-state index is 0.0595. The Morgan fingerprint density at radius 2 is 1.50 bits per heavy atom. The van der Waals surface area contributed by atoms with Gasteiger partial charge in [-0.1, -0.05) is 43.7 Å². The molecule has 226 valence electrons. The predicted octanol–water partition coefficient (Wildman–Crippen LogP) is 4.93. The van der Waals surface area contributed by atoms with E-state index in [2.05, 4.69) is 5.32 Å². The summed E-state index contributed by atoms with van der Waals surface area (Å²) >= 11 is 0. The number of amides is 2. The van der Waals surface area contributed by atoms with Crippen molar-refractivity contribution < 1.29 is 27.5 Å². The van der Waals surface area contributed by atoms with Gasteiger partial charge in [-0.3, -0.25) is 13.9 Å². The van der Waals surface area contributed by atoms with Gasteiger partial charge in [0.1, 0.15) is 24.1 Å². The standard InChI is InChI=1S/C32H41N3O6S/c1-6-21-33-32(37)30(7-2)34(22-25-11-15-27(40-5)16-12-25)31(36)23-35(26-13-17-28(18-14-26)41-8-3)42(38,39)29-19-9-24(4)10-20-29/h9-20,30H,6-8,21-23H2,1-5H3,(H,33,37)/t30-/m1/s1. The molecule has 0 unspecified atom stereocenters. The highest BCUT2D eigenvalue weighted by molar-refractivity contribution is 7.92. The molecular formula is C32H41N3O6S. The summed E-state index contributed by atoms with van der Waals surface area (Å²) in [5, 5.41) is 2.89. The van der Waals surface area contributed by atoms with Crippen LogP contribution in [0.3, 0.4) is 0 Å². The molecule has 0 fully saturated rings. The summed E-state index contributed by atoms with van der Waals surface area (Å²) in [7, 11) is -2.58. The molecule has 1 atom stereocenters. The number of hydrogen-bond donors (Lipinski definition) is 1. The van der Waals surface area contributed by atoms with E-state index in [1.807, 2.05) is 39.8 Å². The molecular weight excluding hydrogens is 554 g/mol. The van der Waals surface area contributed by atoms with Gasteiger partial charge in [0.2, 0.25) is 11.8 Å². The average molecular weight is 596 g/mol. The van der Waals surface area contributed by atoms with Crippen LogP contribution in [0.5, 0.6) is 11.5 Å². The van der Waals surface area contributed by atoms with Crippen LogP contribution in [0.15, 0.2) is 77.7 Å². The van der Waals surface area contributed by atoms with Crippen molar-refractivity contribution in [3.05, 3.63) is 83.9 Å². The first-order valence-corrected chi connectivity index (χ1v) is 15.6. The van der Waals surface area contributed by atoms with Crippen molar-refractivity contribution >= 4 is 27.5 Å². The summed E-state index contributed by atoms with van der Waals surface area (Å²) < 4.78 is 39.9. The van der Waals surface area contributed by atoms with Crippen LogP contribution in [-0.4, -0.2) is 58.0 Å². The van der Waals surface area contributed by atoms with Gasteiger partial charge in [-0.15, -0.1) is 0 Å². The van der Waals surface area contributed by atoms with Crippen molar-refractivity contribution in [2.75, 3.05) is 31.1 Å². The molecule has 0 aliphatic carbocycles. The van der Waals surface area contributed by atoms with Gasteiger partial charge < -0.3 is 19.7 Å². The molecule has 3 rings (SSSR count). The van der Waals surface area contributed by atoms with E-state index in [0.717, 1.165) is 21.9 Å². The van der Waals surface area contributed by atoms with Crippen LogP contribution in [0.4, 0.5) is 5.69 Å². The fraction of sp³-hybridized carbons (Fsp3) is 0.375. The third kappa shape index (κ3) is 8.25. The molecule has 0 aliphatic heterocycles. The Balaban J connectivity index is 2.04. The number of methoxy groups -OCH3 is 1. The maximum atomic E-state index is 14.1. The fourth-order valence-electron chi connectivity index (χ4n) is 4.45. The lowest BCUT2D eigenvalue weighted by Crippen LogP contribution is -2.52. The Hall–Kier alpha value is -4.05. The minimum atomic E-state index is -4.15. The van der Waals surface area contributed by atoms with Gasteiger partial charge in [-0.25, -0.2) is 8.42 Å². The van der Waals surface area contributed by atoms with E-state index >= 15 is 0 Å². The molecule has 0 spiro atoms. The van der Waals surface area contributed by atoms with Crippen molar-refractivity contribution in [1.82, 2.24) is 10.2 Å². The van der Waals surface area contributed by atoms with Gasteiger partial charge in [-0.2, -0.15) is 0 Å². The third-order valence-electron chi connectivity index (χ3n) is 6.77. The molecule has 3 aromatic rings. The van der Waals surface area contributed by atoms with Crippen LogP contribution in [0.25, 0.3) is 0 Å². The van der Waals surface area contributed by atoms with E-state index in [0.29, 0.717) is 36.8 Å². The van der Waals surface area contributed by atoms with E-state index in [1.54, 1.807) is 55.6 Å². The molecule has 9 nitrogen and oxygen atoms in total. The second-order valence-electron chi connectivity index (χ2n) is 9.84. The Morgan fingerprint density at radius 1 is 0.881 bits per heavy atom. The summed E-state index contributed by atoms with van der Waals surface area (Å²) in [6, 6.07) is 19.5. The number of carbonyl (C=O) groups is 2. The van der Waals surface area contributed by atoms with Crippen molar-refractivity contribution in [2.45, 2.75) is 58.0 Å². The summed E-state index contributed by atoms with van der Waals surface area (Å²) in [6.45, 7) is 8.06. The van der Waals surface area contributed by atoms with Gasteiger partial charge in [-0.05, 0) is 80.8 Å². The zero-order valence-corrected chi connectivity index (χ0v) is 25.8. The molecule has 0 bridgehead atoms. The number of nitrogens with zero attached hydrogens (tertiary/aromatic N) is 2. The minimum Gasteiger partial charge on any atom is -0.497 e. The van der Waals surface area contributed by atoms with Crippen molar-refractivity contribution in [3.8, 4) is 11.5 Å². The molecule has 0 aliphatic rings. The topological polar surface area (TPSA) is 105 Å². The fourth-order valence-corrected chi connectivity index (χ4v) is 5.87. The molecule has 0 heterocycles. The number of ether oxygens (including phenoxy) is 2. The zero-order valence-electron chi connectivity index (χ0n) is 25.0. The smallest absolute Gasteiger partial charge is 0.264 e. The number of benzene rings is 3. The summed E-state index contributed by atoms with van der Waals surface area (Å²) in [4.78, 5) is 28.8. The van der Waals surface area contributed by atoms with E-state index in [-0.39, 0.29) is 17.3 Å². The number of rotatable bonds is 15. The van der Waals surface area contributed by atoms with Gasteiger partial charge in [0.25, 0.3) is 10.0 Å². The number of anilines is 1. The first kappa shape index (κ1) is 32.5. The van der Waals surface area contributed by atoms with Crippen LogP contribution in [0, 0.1) is 6.92 Å². The second-order valence-corrected chi connectivity index (χ2v) is 11.7. The number of carbonyl (C=O) groups excluding carboxylic acids is 2. The van der Waals surface area contributed by atoms with Crippen LogP contribution in [0.1, 0.15) is 44.7 Å². The summed E-state index contributed by atoms with van der Waals surface area (Å²) in [5.41, 5.74) is 1.99. The zero-order chi connectivity index (χ0) is 30.7. The molecule has 0 saturated heterocycles. The molecule has 3 aromatic carbocycles. The molecule has 2 amide bonds. The van der Waals surface area contributed by atoms with Gasteiger partial charge in [0, 0.05) is 13.1 Å². The van der Waals surface area contributed by atoms with E-state index < -0.39 is 28.5 Å². The highest BCUT2D eigenvalue weighted by Gasteiger charge is 2.33. The van der Waals surface area contributed by atoms with Gasteiger partial charge >= 0.3 is 0 Å². The lowest BCUT2D eigenvalue weighted by atomic mass is 10.1. The maximum Gasteiger partial charge on any atom is 0.264 e. The highest BCUT2D eigenvalue weighted by atomic mass is 32.2. The van der Waals surface area contributed by atoms with Crippen molar-refractivity contribution in [3.63, 3.8) is 0 Å². The Kier molecular flexibility index (Phi) is 11.8. The van der Waals surface area contributed by atoms with Gasteiger partial charge in [0.15, 0.2) is 0 Å². The summed E-state index contributed by atoms with van der Waals surface area (Å²) in [5.74, 6) is 0.458. The lowest BCUT2D eigenvalue weighted by molar-refractivity contribution is -0.140. The average Bonchev–Trinajstić information content (AvgIpc) is 2.99. The van der Waals surface area contributed by atoms with Crippen molar-refractivity contribution in [1.29, 1.82) is 0 Å². The first-order chi connectivity index (χ1) is 20.1. The second kappa shape index (κ2) is 15.3. The largest absolute Gasteiger partial charge is 0.497 e. The van der Waals surface area contributed by atoms with Crippen molar-refractivity contribution in [2.24, 2.45) is 0 Å². The molecule has 10 heteroatoms. The number of sulfonamides is 1. The number of aryl methyl sites for hydroxylation is 1. The van der Waals surface area contributed by atoms with E-state index in [9.17, 15) is 18.0 Å². The lowest BCUT2D eigenvalue weighted by Gasteiger charge is -2.33. The van der Waals surface area contributed by atoms with E-state index in [4.69, 9.17) is 9.47 Å². The molecule has 42 heavy (non-hydrogen) atoms. The molecule has 0 radical (unpaired) electrons. The van der Waals surface area contributed by atoms with Gasteiger partial charge in [0.05, 0.1) is 24.3 Å². The molecule has 0 aromatic heterocycles. The molecule has 0 saturated carbocycles. The van der Waals surface area contributed by atoms with E-state index in [1.165, 1.54) is 17.0 Å². The van der Waals surface area contributed by atoms with Crippen LogP contribution in [0.2, 0.25) is 0 Å². The normalized spacial score (nSPS) is 11.8. The SMILES string of the molecule is CCCNC(=O)[C@@H](CC)N(Cc1ccc(OC)cc1)C(=O)CN(c1ccc(OCC)cc1)S(=O)(=O)c1ccc(C)cc1.